The molecule has 7 heteroatoms. The van der Waals surface area contributed by atoms with Crippen LogP contribution in [0, 0.1) is 6.92 Å². The molecule has 3 rings (SSSR count). The Bertz CT molecular complexity index is 1030. The molecular formula is C23H24FN3O3. The summed E-state index contributed by atoms with van der Waals surface area (Å²) in [6, 6.07) is 14.4. The Kier molecular flexibility index (Phi) is 6.98. The third kappa shape index (κ3) is 5.12. The molecule has 1 aromatic heterocycles. The van der Waals surface area contributed by atoms with Crippen molar-refractivity contribution in [1.29, 1.82) is 0 Å². The number of hydrogen-bond acceptors (Lipinski definition) is 4. The number of carbonyl (C=O) groups is 1. The van der Waals surface area contributed by atoms with Crippen molar-refractivity contribution in [3.8, 4) is 11.4 Å². The summed E-state index contributed by atoms with van der Waals surface area (Å²) >= 11 is 0. The number of aliphatic hydroxyl groups is 1. The van der Waals surface area contributed by atoms with E-state index < -0.39 is 11.7 Å². The van der Waals surface area contributed by atoms with Gasteiger partial charge < -0.3 is 19.7 Å². The maximum atomic E-state index is 14.4. The lowest BCUT2D eigenvalue weighted by molar-refractivity contribution is -0.118. The summed E-state index contributed by atoms with van der Waals surface area (Å²) in [5.41, 5.74) is 2.98. The number of nitrogens with zero attached hydrogens (tertiary/aromatic N) is 2. The fourth-order valence-corrected chi connectivity index (χ4v) is 3.08. The van der Waals surface area contributed by atoms with E-state index in [1.165, 1.54) is 7.11 Å². The van der Waals surface area contributed by atoms with Gasteiger partial charge in [-0.2, -0.15) is 0 Å². The maximum absolute atomic E-state index is 14.4. The normalized spacial score (nSPS) is 12.5. The smallest absolute Gasteiger partial charge is 0.280 e. The standard InChI is InChI=1S/C23H24FN3O3/c1-16-13-27(15-26-16)21-9-8-17(11-22(21)30-2)10-20(24)23(29)25-12-19(14-28)18-6-4-3-5-7-18/h3-11,13,15,19,28H,12,14H2,1-2H3,(H,25,29)/b20-10-. The summed E-state index contributed by atoms with van der Waals surface area (Å²) in [6.45, 7) is 1.86. The van der Waals surface area contributed by atoms with Gasteiger partial charge in [0.25, 0.3) is 5.91 Å². The number of aryl methyl sites for hydroxylation is 1. The predicted octanol–water partition coefficient (Wildman–Crippen LogP) is 3.39. The van der Waals surface area contributed by atoms with Crippen LogP contribution in [0.1, 0.15) is 22.7 Å². The second kappa shape index (κ2) is 9.84. The van der Waals surface area contributed by atoms with Crippen LogP contribution in [-0.2, 0) is 4.79 Å². The highest BCUT2D eigenvalue weighted by molar-refractivity contribution is 5.95. The van der Waals surface area contributed by atoms with E-state index in [4.69, 9.17) is 4.74 Å². The van der Waals surface area contributed by atoms with Gasteiger partial charge in [-0.3, -0.25) is 4.79 Å². The number of aliphatic hydroxyl groups excluding tert-OH is 1. The molecule has 1 atom stereocenters. The number of halogens is 1. The molecule has 0 radical (unpaired) electrons. The molecule has 0 saturated heterocycles. The molecule has 0 fully saturated rings. The Morgan fingerprint density at radius 3 is 2.70 bits per heavy atom. The van der Waals surface area contributed by atoms with Gasteiger partial charge in [0.2, 0.25) is 0 Å². The molecule has 3 aromatic rings. The van der Waals surface area contributed by atoms with Crippen LogP contribution in [0.25, 0.3) is 11.8 Å². The molecule has 0 bridgehead atoms. The minimum absolute atomic E-state index is 0.128. The summed E-state index contributed by atoms with van der Waals surface area (Å²) in [5, 5.41) is 12.1. The van der Waals surface area contributed by atoms with Crippen LogP contribution in [0.4, 0.5) is 4.39 Å². The predicted molar refractivity (Wildman–Crippen MR) is 113 cm³/mol. The molecule has 30 heavy (non-hydrogen) atoms. The molecule has 0 aliphatic heterocycles. The highest BCUT2D eigenvalue weighted by Gasteiger charge is 2.15. The molecule has 2 N–H and O–H groups in total. The van der Waals surface area contributed by atoms with Crippen molar-refractivity contribution in [1.82, 2.24) is 14.9 Å². The first kappa shape index (κ1) is 21.3. The van der Waals surface area contributed by atoms with Crippen molar-refractivity contribution in [2.24, 2.45) is 0 Å². The highest BCUT2D eigenvalue weighted by atomic mass is 19.1. The summed E-state index contributed by atoms with van der Waals surface area (Å²) in [5.74, 6) is -1.54. The molecule has 1 heterocycles. The number of rotatable bonds is 8. The lowest BCUT2D eigenvalue weighted by Crippen LogP contribution is -2.30. The molecule has 2 aromatic carbocycles. The van der Waals surface area contributed by atoms with Gasteiger partial charge in [-0.25, -0.2) is 9.37 Å². The first-order chi connectivity index (χ1) is 14.5. The van der Waals surface area contributed by atoms with Gasteiger partial charge in [-0.1, -0.05) is 36.4 Å². The van der Waals surface area contributed by atoms with Crippen LogP contribution < -0.4 is 10.1 Å². The van der Waals surface area contributed by atoms with E-state index in [0.29, 0.717) is 11.3 Å². The van der Waals surface area contributed by atoms with Crippen LogP contribution in [0.2, 0.25) is 0 Å². The Morgan fingerprint density at radius 2 is 2.07 bits per heavy atom. The molecule has 0 aliphatic rings. The van der Waals surface area contributed by atoms with Crippen molar-refractivity contribution in [2.45, 2.75) is 12.8 Å². The van der Waals surface area contributed by atoms with Crippen molar-refractivity contribution >= 4 is 12.0 Å². The van der Waals surface area contributed by atoms with Crippen LogP contribution in [0.5, 0.6) is 5.75 Å². The minimum atomic E-state index is -0.923. The van der Waals surface area contributed by atoms with Gasteiger partial charge >= 0.3 is 0 Å². The minimum Gasteiger partial charge on any atom is -0.495 e. The van der Waals surface area contributed by atoms with Crippen molar-refractivity contribution in [2.75, 3.05) is 20.3 Å². The van der Waals surface area contributed by atoms with E-state index in [1.54, 1.807) is 24.5 Å². The number of amides is 1. The van der Waals surface area contributed by atoms with E-state index in [9.17, 15) is 14.3 Å². The lowest BCUT2D eigenvalue weighted by Gasteiger charge is -2.15. The number of nitrogens with one attached hydrogen (secondary N) is 1. The van der Waals surface area contributed by atoms with Gasteiger partial charge in [0.1, 0.15) is 5.75 Å². The van der Waals surface area contributed by atoms with Gasteiger partial charge in [0.15, 0.2) is 5.83 Å². The number of hydrogen-bond donors (Lipinski definition) is 2. The topological polar surface area (TPSA) is 76.4 Å². The van der Waals surface area contributed by atoms with Gasteiger partial charge in [-0.05, 0) is 36.3 Å². The quantitative estimate of drug-likeness (QED) is 0.559. The third-order valence-corrected chi connectivity index (χ3v) is 4.70. The number of benzene rings is 2. The highest BCUT2D eigenvalue weighted by Crippen LogP contribution is 2.26. The van der Waals surface area contributed by atoms with Crippen LogP contribution >= 0.6 is 0 Å². The second-order valence-corrected chi connectivity index (χ2v) is 6.85. The zero-order valence-electron chi connectivity index (χ0n) is 16.9. The molecule has 1 amide bonds. The Balaban J connectivity index is 1.70. The van der Waals surface area contributed by atoms with Crippen molar-refractivity contribution in [3.05, 3.63) is 83.7 Å². The first-order valence-corrected chi connectivity index (χ1v) is 9.52. The Hall–Kier alpha value is -3.45. The van der Waals surface area contributed by atoms with Crippen molar-refractivity contribution in [3.63, 3.8) is 0 Å². The number of aromatic nitrogens is 2. The molecule has 156 valence electrons. The fraction of sp³-hybridized carbons (Fsp3) is 0.217. The van der Waals surface area contributed by atoms with E-state index >= 15 is 0 Å². The van der Waals surface area contributed by atoms with E-state index in [0.717, 1.165) is 23.0 Å². The molecule has 0 spiro atoms. The van der Waals surface area contributed by atoms with E-state index in [1.807, 2.05) is 48.0 Å². The summed E-state index contributed by atoms with van der Waals surface area (Å²) in [7, 11) is 1.53. The van der Waals surface area contributed by atoms with Crippen LogP contribution in [0.15, 0.2) is 66.9 Å². The lowest BCUT2D eigenvalue weighted by atomic mass is 10.0. The number of imidazole rings is 1. The third-order valence-electron chi connectivity index (χ3n) is 4.70. The van der Waals surface area contributed by atoms with Gasteiger partial charge in [-0.15, -0.1) is 0 Å². The van der Waals surface area contributed by atoms with Gasteiger partial charge in [0, 0.05) is 18.7 Å². The molecular weight excluding hydrogens is 385 g/mol. The largest absolute Gasteiger partial charge is 0.495 e. The average Bonchev–Trinajstić information content (AvgIpc) is 3.20. The summed E-state index contributed by atoms with van der Waals surface area (Å²) < 4.78 is 21.6. The molecule has 6 nitrogen and oxygen atoms in total. The Labute approximate surface area is 174 Å². The summed E-state index contributed by atoms with van der Waals surface area (Å²) in [4.78, 5) is 16.4. The monoisotopic (exact) mass is 409 g/mol. The Morgan fingerprint density at radius 1 is 1.30 bits per heavy atom. The average molecular weight is 409 g/mol. The summed E-state index contributed by atoms with van der Waals surface area (Å²) in [6.07, 6.45) is 4.67. The second-order valence-electron chi connectivity index (χ2n) is 6.85. The fourth-order valence-electron chi connectivity index (χ4n) is 3.08. The number of ether oxygens (including phenoxy) is 1. The van der Waals surface area contributed by atoms with E-state index in [2.05, 4.69) is 10.3 Å². The SMILES string of the molecule is COc1cc(/C=C(\F)C(=O)NCC(CO)c2ccccc2)ccc1-n1cnc(C)c1. The number of methoxy groups -OCH3 is 1. The number of carbonyl (C=O) groups excluding carboxylic acids is 1. The maximum Gasteiger partial charge on any atom is 0.280 e. The first-order valence-electron chi connectivity index (χ1n) is 9.52. The van der Waals surface area contributed by atoms with Crippen LogP contribution in [0.3, 0.4) is 0 Å². The molecule has 1 unspecified atom stereocenters. The zero-order chi connectivity index (χ0) is 21.5. The van der Waals surface area contributed by atoms with Crippen LogP contribution in [-0.4, -0.2) is 40.8 Å². The zero-order valence-corrected chi connectivity index (χ0v) is 16.9. The van der Waals surface area contributed by atoms with Crippen molar-refractivity contribution < 1.29 is 19.0 Å². The molecule has 0 saturated carbocycles. The van der Waals surface area contributed by atoms with Gasteiger partial charge in [0.05, 0.1) is 31.4 Å². The molecule has 0 aliphatic carbocycles. The van der Waals surface area contributed by atoms with E-state index in [-0.39, 0.29) is 19.1 Å².